The third-order valence-corrected chi connectivity index (χ3v) is 5.40. The summed E-state index contributed by atoms with van der Waals surface area (Å²) in [4.78, 5) is 50.8. The van der Waals surface area contributed by atoms with Crippen LogP contribution in [0, 0.1) is 5.92 Å². The van der Waals surface area contributed by atoms with Crippen LogP contribution < -0.4 is 5.32 Å². The molecular formula is C16H23N3O5. The monoisotopic (exact) mass is 337 g/mol. The van der Waals surface area contributed by atoms with E-state index in [4.69, 9.17) is 0 Å². The zero-order valence-corrected chi connectivity index (χ0v) is 13.9. The maximum absolute atomic E-state index is 12.8. The van der Waals surface area contributed by atoms with E-state index in [0.717, 1.165) is 30.6 Å². The Kier molecular flexibility index (Phi) is 4.01. The molecule has 132 valence electrons. The average molecular weight is 337 g/mol. The van der Waals surface area contributed by atoms with Crippen molar-refractivity contribution >= 4 is 23.8 Å². The molecule has 0 bridgehead atoms. The molecule has 2 saturated heterocycles. The molecule has 0 spiro atoms. The summed E-state index contributed by atoms with van der Waals surface area (Å²) in [6.07, 6.45) is 4.18. The largest absolute Gasteiger partial charge is 0.480 e. The van der Waals surface area contributed by atoms with Crippen molar-refractivity contribution in [3.8, 4) is 0 Å². The standard InChI is InChI=1S/C16H23N3O5/c1-16(2)14(23)18(15(24)17-16)8-12(20)19-10-6-4-3-5-9(10)7-11(19)13(21)22/h9-11H,3-8H2,1-2H3,(H,17,24)(H,21,22)/t9-,10+,11+/m1/s1. The van der Waals surface area contributed by atoms with E-state index in [9.17, 15) is 24.3 Å². The van der Waals surface area contributed by atoms with E-state index in [0.29, 0.717) is 6.42 Å². The van der Waals surface area contributed by atoms with Crippen LogP contribution in [0.5, 0.6) is 0 Å². The fraction of sp³-hybridized carbons (Fsp3) is 0.750. The molecule has 24 heavy (non-hydrogen) atoms. The van der Waals surface area contributed by atoms with Gasteiger partial charge in [-0.15, -0.1) is 0 Å². The van der Waals surface area contributed by atoms with Crippen LogP contribution in [-0.2, 0) is 14.4 Å². The number of carboxylic acids is 1. The number of hydrogen-bond acceptors (Lipinski definition) is 4. The van der Waals surface area contributed by atoms with Crippen molar-refractivity contribution in [2.75, 3.05) is 6.54 Å². The first kappa shape index (κ1) is 16.7. The number of urea groups is 1. The van der Waals surface area contributed by atoms with Gasteiger partial charge in [-0.2, -0.15) is 0 Å². The Hall–Kier alpha value is -2.12. The molecule has 1 aliphatic carbocycles. The quantitative estimate of drug-likeness (QED) is 0.732. The summed E-state index contributed by atoms with van der Waals surface area (Å²) in [5.74, 6) is -1.75. The van der Waals surface area contributed by atoms with Gasteiger partial charge in [0.1, 0.15) is 18.1 Å². The van der Waals surface area contributed by atoms with Gasteiger partial charge in [-0.3, -0.25) is 14.5 Å². The molecule has 8 heteroatoms. The minimum absolute atomic E-state index is 0.0962. The highest BCUT2D eigenvalue weighted by Crippen LogP contribution is 2.40. The van der Waals surface area contributed by atoms with Crippen LogP contribution in [-0.4, -0.2) is 62.9 Å². The van der Waals surface area contributed by atoms with Crippen LogP contribution in [0.1, 0.15) is 46.0 Å². The Morgan fingerprint density at radius 2 is 1.92 bits per heavy atom. The highest BCUT2D eigenvalue weighted by molar-refractivity contribution is 6.08. The second-order valence-electron chi connectivity index (χ2n) is 7.45. The van der Waals surface area contributed by atoms with E-state index in [2.05, 4.69) is 5.32 Å². The molecule has 3 rings (SSSR count). The zero-order chi connectivity index (χ0) is 17.6. The van der Waals surface area contributed by atoms with Crippen LogP contribution >= 0.6 is 0 Å². The molecule has 0 aromatic rings. The molecule has 3 atom stereocenters. The molecule has 3 aliphatic rings. The van der Waals surface area contributed by atoms with Gasteiger partial charge >= 0.3 is 12.0 Å². The molecule has 0 aromatic heterocycles. The lowest BCUT2D eigenvalue weighted by atomic mass is 9.85. The molecule has 2 aliphatic heterocycles. The van der Waals surface area contributed by atoms with Crippen LogP contribution in [0.2, 0.25) is 0 Å². The minimum atomic E-state index is -1.04. The van der Waals surface area contributed by atoms with Gasteiger partial charge in [0.25, 0.3) is 5.91 Å². The van der Waals surface area contributed by atoms with Crippen molar-refractivity contribution in [2.24, 2.45) is 5.92 Å². The molecule has 8 nitrogen and oxygen atoms in total. The van der Waals surface area contributed by atoms with Gasteiger partial charge < -0.3 is 15.3 Å². The Bertz CT molecular complexity index is 603. The number of likely N-dealkylation sites (tertiary alicyclic amines) is 1. The Labute approximate surface area is 140 Å². The van der Waals surface area contributed by atoms with E-state index in [1.54, 1.807) is 13.8 Å². The van der Waals surface area contributed by atoms with Crippen molar-refractivity contribution < 1.29 is 24.3 Å². The van der Waals surface area contributed by atoms with E-state index in [1.807, 2.05) is 0 Å². The number of carboxylic acid groups (broad SMARTS) is 1. The molecular weight excluding hydrogens is 314 g/mol. The van der Waals surface area contributed by atoms with Gasteiger partial charge in [-0.1, -0.05) is 12.8 Å². The first-order valence-electron chi connectivity index (χ1n) is 8.40. The van der Waals surface area contributed by atoms with Crippen LogP contribution in [0.3, 0.4) is 0 Å². The number of aliphatic carboxylic acids is 1. The number of nitrogens with zero attached hydrogens (tertiary/aromatic N) is 2. The first-order chi connectivity index (χ1) is 11.2. The van der Waals surface area contributed by atoms with E-state index in [-0.39, 0.29) is 12.0 Å². The van der Waals surface area contributed by atoms with E-state index in [1.165, 1.54) is 4.90 Å². The van der Waals surface area contributed by atoms with Gasteiger partial charge in [0.15, 0.2) is 0 Å². The van der Waals surface area contributed by atoms with Crippen LogP contribution in [0.25, 0.3) is 0 Å². The number of carbonyl (C=O) groups excluding carboxylic acids is 3. The predicted molar refractivity (Wildman–Crippen MR) is 83.0 cm³/mol. The molecule has 0 aromatic carbocycles. The Morgan fingerprint density at radius 1 is 1.25 bits per heavy atom. The second kappa shape index (κ2) is 5.75. The summed E-state index contributed by atoms with van der Waals surface area (Å²) in [5.41, 5.74) is -1.04. The Morgan fingerprint density at radius 3 is 2.50 bits per heavy atom. The number of hydrogen-bond donors (Lipinski definition) is 2. The van der Waals surface area contributed by atoms with Gasteiger partial charge in [-0.25, -0.2) is 9.59 Å². The van der Waals surface area contributed by atoms with Crippen molar-refractivity contribution in [3.05, 3.63) is 0 Å². The van der Waals surface area contributed by atoms with Gasteiger partial charge in [-0.05, 0) is 39.0 Å². The highest BCUT2D eigenvalue weighted by Gasteiger charge is 2.50. The average Bonchev–Trinajstić information content (AvgIpc) is 2.98. The summed E-state index contributed by atoms with van der Waals surface area (Å²) >= 11 is 0. The van der Waals surface area contributed by atoms with Gasteiger partial charge in [0, 0.05) is 6.04 Å². The third-order valence-electron chi connectivity index (χ3n) is 5.40. The molecule has 0 radical (unpaired) electrons. The first-order valence-corrected chi connectivity index (χ1v) is 8.40. The van der Waals surface area contributed by atoms with Crippen LogP contribution in [0.4, 0.5) is 4.79 Å². The number of fused-ring (bicyclic) bond motifs is 1. The van der Waals surface area contributed by atoms with E-state index < -0.39 is 41.9 Å². The maximum Gasteiger partial charge on any atom is 0.326 e. The molecule has 1 saturated carbocycles. The maximum atomic E-state index is 12.8. The second-order valence-corrected chi connectivity index (χ2v) is 7.45. The number of nitrogens with one attached hydrogen (secondary N) is 1. The van der Waals surface area contributed by atoms with Crippen molar-refractivity contribution in [1.82, 2.24) is 15.1 Å². The molecule has 0 unspecified atom stereocenters. The summed E-state index contributed by atoms with van der Waals surface area (Å²) < 4.78 is 0. The molecule has 4 amide bonds. The molecule has 3 fully saturated rings. The summed E-state index contributed by atoms with van der Waals surface area (Å²) in [5, 5.41) is 12.0. The summed E-state index contributed by atoms with van der Waals surface area (Å²) in [6, 6.07) is -1.56. The fourth-order valence-corrected chi connectivity index (χ4v) is 4.22. The Balaban J connectivity index is 1.78. The van der Waals surface area contributed by atoms with Crippen molar-refractivity contribution in [1.29, 1.82) is 0 Å². The molecule has 2 N–H and O–H groups in total. The van der Waals surface area contributed by atoms with E-state index >= 15 is 0 Å². The minimum Gasteiger partial charge on any atom is -0.480 e. The lowest BCUT2D eigenvalue weighted by molar-refractivity contribution is -0.150. The summed E-state index contributed by atoms with van der Waals surface area (Å²) in [7, 11) is 0. The number of amides is 4. The number of imide groups is 1. The topological polar surface area (TPSA) is 107 Å². The number of carbonyl (C=O) groups is 4. The lowest BCUT2D eigenvalue weighted by Crippen LogP contribution is -2.51. The molecule has 2 heterocycles. The third kappa shape index (κ3) is 2.63. The zero-order valence-electron chi connectivity index (χ0n) is 13.9. The lowest BCUT2D eigenvalue weighted by Gasteiger charge is -2.33. The normalized spacial score (nSPS) is 31.8. The summed E-state index contributed by atoms with van der Waals surface area (Å²) in [6.45, 7) is 2.75. The van der Waals surface area contributed by atoms with Crippen molar-refractivity contribution in [2.45, 2.75) is 63.6 Å². The van der Waals surface area contributed by atoms with Gasteiger partial charge in [0.2, 0.25) is 5.91 Å². The number of rotatable bonds is 3. The van der Waals surface area contributed by atoms with Gasteiger partial charge in [0.05, 0.1) is 0 Å². The van der Waals surface area contributed by atoms with Crippen molar-refractivity contribution in [3.63, 3.8) is 0 Å². The van der Waals surface area contributed by atoms with Crippen LogP contribution in [0.15, 0.2) is 0 Å². The highest BCUT2D eigenvalue weighted by atomic mass is 16.4. The fourth-order valence-electron chi connectivity index (χ4n) is 4.22. The SMILES string of the molecule is CC1(C)NC(=O)N(CC(=O)N2[C@H](C(=O)O)C[C@H]3CCCC[C@@H]32)C1=O. The predicted octanol–water partition coefficient (Wildman–Crippen LogP) is 0.561. The smallest absolute Gasteiger partial charge is 0.326 e.